The van der Waals surface area contributed by atoms with Crippen LogP contribution >= 0.6 is 22.6 Å². The summed E-state index contributed by atoms with van der Waals surface area (Å²) < 4.78 is 6.04. The average Bonchev–Trinajstić information content (AvgIpc) is 2.42. The summed E-state index contributed by atoms with van der Waals surface area (Å²) in [5.74, 6) is -0.113. The monoisotopic (exact) mass is 406 g/mol. The molecule has 7 heteroatoms. The van der Waals surface area contributed by atoms with Crippen molar-refractivity contribution in [1.29, 1.82) is 0 Å². The zero-order chi connectivity index (χ0) is 16.0. The maximum atomic E-state index is 12.3. The number of halogens is 1. The molecule has 0 radical (unpaired) electrons. The normalized spacial score (nSPS) is 12.2. The van der Waals surface area contributed by atoms with Gasteiger partial charge in [-0.2, -0.15) is 0 Å². The molecular weight excluding hydrogens is 387 g/mol. The van der Waals surface area contributed by atoms with Crippen LogP contribution in [0.2, 0.25) is 0 Å². The molecule has 0 fully saturated rings. The van der Waals surface area contributed by atoms with Gasteiger partial charge in [0.15, 0.2) is 0 Å². The SMILES string of the molecule is CCOCC(NC(=O)c1cc([N+](=O)[O-])ccc1I)C(C)C. The summed E-state index contributed by atoms with van der Waals surface area (Å²) in [6, 6.07) is 4.13. The minimum absolute atomic E-state index is 0.0912. The van der Waals surface area contributed by atoms with Crippen molar-refractivity contribution in [2.45, 2.75) is 26.8 Å². The molecule has 0 aliphatic rings. The lowest BCUT2D eigenvalue weighted by Gasteiger charge is -2.22. The Morgan fingerprint density at radius 1 is 1.48 bits per heavy atom. The number of nitro groups is 1. The van der Waals surface area contributed by atoms with Gasteiger partial charge in [-0.05, 0) is 41.5 Å². The smallest absolute Gasteiger partial charge is 0.270 e. The van der Waals surface area contributed by atoms with E-state index in [1.54, 1.807) is 6.07 Å². The molecule has 21 heavy (non-hydrogen) atoms. The van der Waals surface area contributed by atoms with Gasteiger partial charge in [0.2, 0.25) is 0 Å². The van der Waals surface area contributed by atoms with Gasteiger partial charge in [0, 0.05) is 22.3 Å². The maximum absolute atomic E-state index is 12.3. The molecule has 0 aliphatic carbocycles. The van der Waals surface area contributed by atoms with Crippen LogP contribution in [0.15, 0.2) is 18.2 Å². The number of benzene rings is 1. The number of amides is 1. The molecule has 1 aromatic rings. The van der Waals surface area contributed by atoms with Gasteiger partial charge in [-0.1, -0.05) is 13.8 Å². The molecule has 6 nitrogen and oxygen atoms in total. The van der Waals surface area contributed by atoms with Crippen LogP contribution in [0.5, 0.6) is 0 Å². The van der Waals surface area contributed by atoms with Gasteiger partial charge in [-0.25, -0.2) is 0 Å². The molecule has 1 amide bonds. The molecule has 0 saturated heterocycles. The highest BCUT2D eigenvalue weighted by molar-refractivity contribution is 14.1. The molecule has 1 rings (SSSR count). The predicted octanol–water partition coefficient (Wildman–Crippen LogP) is 2.99. The molecule has 0 saturated carbocycles. The maximum Gasteiger partial charge on any atom is 0.270 e. The van der Waals surface area contributed by atoms with Crippen LogP contribution in [0, 0.1) is 19.6 Å². The lowest BCUT2D eigenvalue weighted by Crippen LogP contribution is -2.42. The van der Waals surface area contributed by atoms with Gasteiger partial charge in [0.25, 0.3) is 11.6 Å². The van der Waals surface area contributed by atoms with E-state index in [2.05, 4.69) is 5.32 Å². The number of ether oxygens (including phenoxy) is 1. The van der Waals surface area contributed by atoms with Crippen molar-refractivity contribution in [1.82, 2.24) is 5.32 Å². The van der Waals surface area contributed by atoms with E-state index in [1.807, 2.05) is 43.4 Å². The second-order valence-electron chi connectivity index (χ2n) is 4.90. The number of carbonyl (C=O) groups is 1. The van der Waals surface area contributed by atoms with E-state index >= 15 is 0 Å². The standard InChI is InChI=1S/C14H19IN2O4/c1-4-21-8-13(9(2)3)16-14(18)11-7-10(17(19)20)5-6-12(11)15/h5-7,9,13H,4,8H2,1-3H3,(H,16,18). The number of hydrogen-bond donors (Lipinski definition) is 1. The minimum atomic E-state index is -0.507. The van der Waals surface area contributed by atoms with E-state index < -0.39 is 4.92 Å². The predicted molar refractivity (Wildman–Crippen MR) is 88.4 cm³/mol. The molecule has 1 unspecified atom stereocenters. The van der Waals surface area contributed by atoms with Crippen molar-refractivity contribution < 1.29 is 14.5 Å². The van der Waals surface area contributed by atoms with E-state index in [9.17, 15) is 14.9 Å². The first kappa shape index (κ1) is 17.8. The van der Waals surface area contributed by atoms with Crippen molar-refractivity contribution in [3.8, 4) is 0 Å². The third kappa shape index (κ3) is 5.24. The van der Waals surface area contributed by atoms with Crippen molar-refractivity contribution in [2.75, 3.05) is 13.2 Å². The zero-order valence-corrected chi connectivity index (χ0v) is 14.4. The number of nitrogens with zero attached hydrogens (tertiary/aromatic N) is 1. The Morgan fingerprint density at radius 2 is 2.14 bits per heavy atom. The Balaban J connectivity index is 2.91. The minimum Gasteiger partial charge on any atom is -0.380 e. The fraction of sp³-hybridized carbons (Fsp3) is 0.500. The van der Waals surface area contributed by atoms with Crippen LogP contribution in [0.25, 0.3) is 0 Å². The summed E-state index contributed by atoms with van der Waals surface area (Å²) in [5.41, 5.74) is 0.221. The Kier molecular flexibility index (Phi) is 7.03. The topological polar surface area (TPSA) is 81.5 Å². The molecule has 1 aromatic carbocycles. The van der Waals surface area contributed by atoms with Gasteiger partial charge in [-0.15, -0.1) is 0 Å². The largest absolute Gasteiger partial charge is 0.380 e. The fourth-order valence-corrected chi connectivity index (χ4v) is 2.27. The summed E-state index contributed by atoms with van der Waals surface area (Å²) in [6.45, 7) is 6.87. The summed E-state index contributed by atoms with van der Waals surface area (Å²) in [6.07, 6.45) is 0. The Labute approximate surface area is 137 Å². The lowest BCUT2D eigenvalue weighted by atomic mass is 10.0. The van der Waals surface area contributed by atoms with Crippen molar-refractivity contribution >= 4 is 34.2 Å². The highest BCUT2D eigenvalue weighted by Crippen LogP contribution is 2.20. The number of hydrogen-bond acceptors (Lipinski definition) is 4. The van der Waals surface area contributed by atoms with Crippen LogP contribution in [-0.2, 0) is 4.74 Å². The number of non-ortho nitro benzene ring substituents is 1. The summed E-state index contributed by atoms with van der Waals surface area (Å²) in [7, 11) is 0. The van der Waals surface area contributed by atoms with Crippen molar-refractivity contribution in [3.63, 3.8) is 0 Å². The first-order valence-electron chi connectivity index (χ1n) is 6.69. The summed E-state index contributed by atoms with van der Waals surface area (Å²) in [5, 5.41) is 13.7. The van der Waals surface area contributed by atoms with E-state index in [4.69, 9.17) is 4.74 Å². The molecule has 0 bridgehead atoms. The first-order valence-corrected chi connectivity index (χ1v) is 7.77. The van der Waals surface area contributed by atoms with Gasteiger partial charge in [0.1, 0.15) is 0 Å². The number of rotatable bonds is 7. The molecule has 1 atom stereocenters. The Hall–Kier alpha value is -1.22. The van der Waals surface area contributed by atoms with E-state index in [0.29, 0.717) is 22.3 Å². The van der Waals surface area contributed by atoms with Gasteiger partial charge < -0.3 is 10.1 Å². The second-order valence-corrected chi connectivity index (χ2v) is 6.07. The molecule has 0 spiro atoms. The fourth-order valence-electron chi connectivity index (χ4n) is 1.69. The van der Waals surface area contributed by atoms with Gasteiger partial charge >= 0.3 is 0 Å². The third-order valence-corrected chi connectivity index (χ3v) is 3.97. The number of nitrogens with one attached hydrogen (secondary N) is 1. The molecule has 0 aromatic heterocycles. The third-order valence-electron chi connectivity index (χ3n) is 3.03. The average molecular weight is 406 g/mol. The van der Waals surface area contributed by atoms with Crippen LogP contribution in [0.3, 0.4) is 0 Å². The quantitative estimate of drug-likeness (QED) is 0.429. The highest BCUT2D eigenvalue weighted by atomic mass is 127. The number of nitro benzene ring substituents is 1. The van der Waals surface area contributed by atoms with Gasteiger partial charge in [-0.3, -0.25) is 14.9 Å². The van der Waals surface area contributed by atoms with Crippen LogP contribution in [-0.4, -0.2) is 30.1 Å². The van der Waals surface area contributed by atoms with Crippen LogP contribution in [0.4, 0.5) is 5.69 Å². The highest BCUT2D eigenvalue weighted by Gasteiger charge is 2.20. The van der Waals surface area contributed by atoms with E-state index in [-0.39, 0.29) is 23.6 Å². The lowest BCUT2D eigenvalue weighted by molar-refractivity contribution is -0.384. The van der Waals surface area contributed by atoms with Crippen LogP contribution in [0.1, 0.15) is 31.1 Å². The zero-order valence-electron chi connectivity index (χ0n) is 12.3. The number of carbonyl (C=O) groups excluding carboxylic acids is 1. The van der Waals surface area contributed by atoms with Crippen LogP contribution < -0.4 is 5.32 Å². The Bertz CT molecular complexity index is 520. The summed E-state index contributed by atoms with van der Waals surface area (Å²) in [4.78, 5) is 22.6. The van der Waals surface area contributed by atoms with Crippen molar-refractivity contribution in [3.05, 3.63) is 37.4 Å². The van der Waals surface area contributed by atoms with Gasteiger partial charge in [0.05, 0.1) is 23.1 Å². The Morgan fingerprint density at radius 3 is 2.67 bits per heavy atom. The van der Waals surface area contributed by atoms with E-state index in [0.717, 1.165) is 0 Å². The second kappa shape index (κ2) is 8.28. The molecule has 1 N–H and O–H groups in total. The first-order chi connectivity index (χ1) is 9.86. The van der Waals surface area contributed by atoms with Crippen molar-refractivity contribution in [2.24, 2.45) is 5.92 Å². The molecular formula is C14H19IN2O4. The summed E-state index contributed by atoms with van der Waals surface area (Å²) >= 11 is 1.99. The van der Waals surface area contributed by atoms with E-state index in [1.165, 1.54) is 12.1 Å². The molecule has 0 heterocycles. The molecule has 0 aliphatic heterocycles. The molecule has 116 valence electrons.